The van der Waals surface area contributed by atoms with Gasteiger partial charge in [0.25, 0.3) is 11.6 Å². The average molecular weight is 499 g/mol. The summed E-state index contributed by atoms with van der Waals surface area (Å²) in [6.45, 7) is 7.12. The fourth-order valence-corrected chi connectivity index (χ4v) is 4.76. The first-order chi connectivity index (χ1) is 17.9. The number of hydrogen-bond acceptors (Lipinski definition) is 6. The van der Waals surface area contributed by atoms with Gasteiger partial charge in [-0.15, -0.1) is 0 Å². The summed E-state index contributed by atoms with van der Waals surface area (Å²) in [6, 6.07) is 20.0. The number of non-ortho nitro benzene ring substituents is 1. The lowest BCUT2D eigenvalue weighted by atomic mass is 10.2. The Labute approximate surface area is 215 Å². The number of piperazine rings is 1. The van der Waals surface area contributed by atoms with E-state index in [4.69, 9.17) is 4.98 Å². The van der Waals surface area contributed by atoms with Gasteiger partial charge in [-0.1, -0.05) is 23.8 Å². The number of hydrogen-bond donors (Lipinski definition) is 1. The zero-order valence-electron chi connectivity index (χ0n) is 21.1. The molecule has 1 aliphatic rings. The summed E-state index contributed by atoms with van der Waals surface area (Å²) in [5, 5.41) is 13.8. The van der Waals surface area contributed by atoms with Gasteiger partial charge in [-0.25, -0.2) is 4.98 Å². The highest BCUT2D eigenvalue weighted by Gasteiger charge is 2.18. The van der Waals surface area contributed by atoms with Crippen LogP contribution in [0.15, 0.2) is 66.7 Å². The van der Waals surface area contributed by atoms with Crippen molar-refractivity contribution in [2.24, 2.45) is 7.05 Å². The topological polar surface area (TPSA) is 96.5 Å². The quantitative estimate of drug-likeness (QED) is 0.300. The molecule has 190 valence electrons. The summed E-state index contributed by atoms with van der Waals surface area (Å²) in [5.41, 5.74) is 5.08. The van der Waals surface area contributed by atoms with Crippen LogP contribution in [-0.2, 0) is 13.5 Å². The van der Waals surface area contributed by atoms with Crippen molar-refractivity contribution in [2.75, 3.05) is 42.9 Å². The summed E-state index contributed by atoms with van der Waals surface area (Å²) in [7, 11) is 2.02. The molecule has 1 N–H and O–H groups in total. The third kappa shape index (κ3) is 5.46. The number of rotatable bonds is 7. The van der Waals surface area contributed by atoms with Crippen molar-refractivity contribution < 1.29 is 9.72 Å². The van der Waals surface area contributed by atoms with E-state index in [-0.39, 0.29) is 11.3 Å². The lowest BCUT2D eigenvalue weighted by molar-refractivity contribution is -0.384. The molecule has 9 nitrogen and oxygen atoms in total. The normalized spacial score (nSPS) is 14.2. The van der Waals surface area contributed by atoms with Gasteiger partial charge in [-0.05, 0) is 43.3 Å². The van der Waals surface area contributed by atoms with E-state index in [1.807, 2.05) is 25.2 Å². The maximum atomic E-state index is 12.6. The minimum Gasteiger partial charge on any atom is -0.369 e. The van der Waals surface area contributed by atoms with Gasteiger partial charge >= 0.3 is 0 Å². The molecular weight excluding hydrogens is 468 g/mol. The van der Waals surface area contributed by atoms with Crippen molar-refractivity contribution >= 4 is 34.0 Å². The minimum absolute atomic E-state index is 0.117. The Morgan fingerprint density at radius 3 is 2.51 bits per heavy atom. The molecule has 5 rings (SSSR count). The molecule has 37 heavy (non-hydrogen) atoms. The number of aromatic nitrogens is 2. The van der Waals surface area contributed by atoms with Crippen LogP contribution in [0.1, 0.15) is 21.7 Å². The van der Waals surface area contributed by atoms with Crippen molar-refractivity contribution in [3.8, 4) is 0 Å². The Kier molecular flexibility index (Phi) is 6.87. The van der Waals surface area contributed by atoms with Crippen molar-refractivity contribution in [3.05, 3.63) is 93.8 Å². The molecular formula is C28H30N6O3. The number of nitrogens with one attached hydrogen (secondary N) is 1. The lowest BCUT2D eigenvalue weighted by Crippen LogP contribution is -2.47. The molecule has 0 radical (unpaired) electrons. The second-order valence-electron chi connectivity index (χ2n) is 9.47. The number of imidazole rings is 1. The van der Waals surface area contributed by atoms with Crippen molar-refractivity contribution in [1.29, 1.82) is 0 Å². The number of nitro benzene ring substituents is 1. The molecule has 3 aromatic carbocycles. The molecule has 0 bridgehead atoms. The van der Waals surface area contributed by atoms with Crippen LogP contribution in [-0.4, -0.2) is 58.0 Å². The maximum Gasteiger partial charge on any atom is 0.270 e. The van der Waals surface area contributed by atoms with E-state index in [1.165, 1.54) is 29.4 Å². The molecule has 1 fully saturated rings. The number of nitrogens with zero attached hydrogens (tertiary/aromatic N) is 5. The Bertz CT molecular complexity index is 1440. The number of nitro groups is 1. The summed E-state index contributed by atoms with van der Waals surface area (Å²) in [6.07, 6.45) is 0.838. The Morgan fingerprint density at radius 1 is 1.03 bits per heavy atom. The largest absolute Gasteiger partial charge is 0.369 e. The van der Waals surface area contributed by atoms with E-state index in [0.29, 0.717) is 5.69 Å². The third-order valence-corrected chi connectivity index (χ3v) is 6.97. The first-order valence-electron chi connectivity index (χ1n) is 12.4. The van der Waals surface area contributed by atoms with Crippen molar-refractivity contribution in [1.82, 2.24) is 14.5 Å². The molecule has 0 aliphatic carbocycles. The van der Waals surface area contributed by atoms with Crippen molar-refractivity contribution in [2.45, 2.75) is 13.3 Å². The van der Waals surface area contributed by atoms with Gasteiger partial charge in [0, 0.05) is 75.3 Å². The number of carbonyl (C=O) groups is 1. The molecule has 0 atom stereocenters. The standard InChI is InChI=1S/C28H30N6O3/c1-20-6-9-23(10-7-20)33-16-14-32(15-17-33)13-12-27-30-25-19-22(8-11-26(25)31(27)2)29-28(35)21-4-3-5-24(18-21)34(36)37/h3-11,18-19H,12-17H2,1-2H3,(H,29,35). The average Bonchev–Trinajstić information content (AvgIpc) is 3.22. The highest BCUT2D eigenvalue weighted by molar-refractivity contribution is 6.05. The van der Waals surface area contributed by atoms with Crippen LogP contribution in [0.2, 0.25) is 0 Å². The van der Waals surface area contributed by atoms with E-state index in [2.05, 4.69) is 50.9 Å². The maximum absolute atomic E-state index is 12.6. The van der Waals surface area contributed by atoms with Gasteiger partial charge in [0.2, 0.25) is 0 Å². The molecule has 4 aromatic rings. The van der Waals surface area contributed by atoms with E-state index in [1.54, 1.807) is 6.07 Å². The molecule has 1 aromatic heterocycles. The molecule has 2 heterocycles. The number of anilines is 2. The highest BCUT2D eigenvalue weighted by Crippen LogP contribution is 2.22. The highest BCUT2D eigenvalue weighted by atomic mass is 16.6. The molecule has 1 aliphatic heterocycles. The SMILES string of the molecule is Cc1ccc(N2CCN(CCc3nc4cc(NC(=O)c5cccc([N+](=O)[O-])c5)ccc4n3C)CC2)cc1. The molecule has 0 spiro atoms. The summed E-state index contributed by atoms with van der Waals surface area (Å²) >= 11 is 0. The fourth-order valence-electron chi connectivity index (χ4n) is 4.76. The van der Waals surface area contributed by atoms with Gasteiger partial charge in [0.05, 0.1) is 16.0 Å². The van der Waals surface area contributed by atoms with E-state index >= 15 is 0 Å². The van der Waals surface area contributed by atoms with Crippen LogP contribution in [0.25, 0.3) is 11.0 Å². The zero-order chi connectivity index (χ0) is 25.9. The van der Waals surface area contributed by atoms with Crippen LogP contribution in [0.3, 0.4) is 0 Å². The molecule has 1 saturated heterocycles. The van der Waals surface area contributed by atoms with E-state index in [0.717, 1.165) is 56.0 Å². The van der Waals surface area contributed by atoms with E-state index in [9.17, 15) is 14.9 Å². The van der Waals surface area contributed by atoms with Gasteiger partial charge in [-0.3, -0.25) is 19.8 Å². The van der Waals surface area contributed by atoms with Crippen molar-refractivity contribution in [3.63, 3.8) is 0 Å². The Hall–Kier alpha value is -4.24. The van der Waals surface area contributed by atoms with Gasteiger partial charge < -0.3 is 14.8 Å². The van der Waals surface area contributed by atoms with Crippen LogP contribution in [0, 0.1) is 17.0 Å². The van der Waals surface area contributed by atoms with Crippen LogP contribution in [0.5, 0.6) is 0 Å². The predicted octanol–water partition coefficient (Wildman–Crippen LogP) is 4.41. The first-order valence-corrected chi connectivity index (χ1v) is 12.4. The number of aryl methyl sites for hydroxylation is 2. The number of amides is 1. The van der Waals surface area contributed by atoms with Crippen LogP contribution in [0.4, 0.5) is 17.1 Å². The molecule has 1 amide bonds. The monoisotopic (exact) mass is 498 g/mol. The second-order valence-corrected chi connectivity index (χ2v) is 9.47. The molecule has 0 saturated carbocycles. The first kappa shape index (κ1) is 24.5. The lowest BCUT2D eigenvalue weighted by Gasteiger charge is -2.36. The summed E-state index contributed by atoms with van der Waals surface area (Å²) in [4.78, 5) is 32.9. The second kappa shape index (κ2) is 10.4. The summed E-state index contributed by atoms with van der Waals surface area (Å²) < 4.78 is 2.10. The van der Waals surface area contributed by atoms with Crippen LogP contribution >= 0.6 is 0 Å². The third-order valence-electron chi connectivity index (χ3n) is 6.97. The van der Waals surface area contributed by atoms with E-state index < -0.39 is 10.8 Å². The fraction of sp³-hybridized carbons (Fsp3) is 0.286. The predicted molar refractivity (Wildman–Crippen MR) is 145 cm³/mol. The van der Waals surface area contributed by atoms with Gasteiger partial charge in [0.15, 0.2) is 0 Å². The molecule has 9 heteroatoms. The number of benzene rings is 3. The minimum atomic E-state index is -0.512. The smallest absolute Gasteiger partial charge is 0.270 e. The van der Waals surface area contributed by atoms with Gasteiger partial charge in [-0.2, -0.15) is 0 Å². The summed E-state index contributed by atoms with van der Waals surface area (Å²) in [5.74, 6) is 0.599. The zero-order valence-corrected chi connectivity index (χ0v) is 21.1. The number of fused-ring (bicyclic) bond motifs is 1. The number of carbonyl (C=O) groups excluding carboxylic acids is 1. The Morgan fingerprint density at radius 2 is 1.78 bits per heavy atom. The molecule has 0 unspecified atom stereocenters. The Balaban J connectivity index is 1.20. The van der Waals surface area contributed by atoms with Gasteiger partial charge in [0.1, 0.15) is 5.82 Å². The van der Waals surface area contributed by atoms with Crippen LogP contribution < -0.4 is 10.2 Å².